The molecule has 0 fully saturated rings. The smallest absolute Gasteiger partial charge is 0.153 e. The van der Waals surface area contributed by atoms with Gasteiger partial charge in [-0.15, -0.1) is 0 Å². The molecule has 1 aromatic heterocycles. The number of rotatable bonds is 6. The van der Waals surface area contributed by atoms with Crippen LogP contribution in [0.4, 0.5) is 5.82 Å². The number of nitrogens with one attached hydrogen (secondary N) is 1. The van der Waals surface area contributed by atoms with E-state index in [0.717, 1.165) is 47.6 Å². The van der Waals surface area contributed by atoms with Crippen LogP contribution in [0.2, 0.25) is 10.0 Å². The number of fused-ring (bicyclic) bond motifs is 2. The molecule has 0 aliphatic carbocycles. The molecule has 0 aliphatic rings. The van der Waals surface area contributed by atoms with Gasteiger partial charge in [0.2, 0.25) is 0 Å². The molecule has 1 heterocycles. The first kappa shape index (κ1) is 19.9. The monoisotopic (exact) mass is 424 g/mol. The maximum absolute atomic E-state index is 6.22. The molecule has 3 aromatic carbocycles. The number of benzene rings is 3. The molecule has 0 atom stereocenters. The van der Waals surface area contributed by atoms with E-state index >= 15 is 0 Å². The second-order valence-corrected chi connectivity index (χ2v) is 8.14. The molecule has 148 valence electrons. The standard InChI is InChI=1S/C23H22Cl2N4/c1-29(2)11-5-10-26-23-22(17-9-8-15-6-3-4-7-16(15)12-17)27-20-13-18(24)19(25)14-21(20)28-23/h3-4,6-9,12-14H,5,10-11H2,1-2H3,(H,26,28). The third kappa shape index (κ3) is 4.45. The Hall–Kier alpha value is -2.40. The summed E-state index contributed by atoms with van der Waals surface area (Å²) in [6.45, 7) is 1.81. The zero-order chi connectivity index (χ0) is 20.4. The van der Waals surface area contributed by atoms with Gasteiger partial charge in [-0.2, -0.15) is 0 Å². The fourth-order valence-corrected chi connectivity index (χ4v) is 3.63. The molecule has 29 heavy (non-hydrogen) atoms. The van der Waals surface area contributed by atoms with Crippen molar-refractivity contribution in [1.29, 1.82) is 0 Å². The topological polar surface area (TPSA) is 41.0 Å². The lowest BCUT2D eigenvalue weighted by Gasteiger charge is -2.14. The maximum atomic E-state index is 6.22. The van der Waals surface area contributed by atoms with Crippen LogP contribution in [-0.4, -0.2) is 42.1 Å². The van der Waals surface area contributed by atoms with Crippen molar-refractivity contribution in [2.24, 2.45) is 0 Å². The van der Waals surface area contributed by atoms with Gasteiger partial charge >= 0.3 is 0 Å². The summed E-state index contributed by atoms with van der Waals surface area (Å²) in [5.74, 6) is 0.755. The molecule has 1 N–H and O–H groups in total. The third-order valence-electron chi connectivity index (χ3n) is 4.80. The Morgan fingerprint density at radius 2 is 1.55 bits per heavy atom. The molecule has 0 amide bonds. The third-order valence-corrected chi connectivity index (χ3v) is 5.53. The maximum Gasteiger partial charge on any atom is 0.153 e. The van der Waals surface area contributed by atoms with Gasteiger partial charge in [0.25, 0.3) is 0 Å². The van der Waals surface area contributed by atoms with Crippen LogP contribution in [0.25, 0.3) is 33.1 Å². The molecule has 4 rings (SSSR count). The van der Waals surface area contributed by atoms with Crippen LogP contribution in [0.15, 0.2) is 54.6 Å². The molecular formula is C23H22Cl2N4. The van der Waals surface area contributed by atoms with Crippen LogP contribution >= 0.6 is 23.2 Å². The minimum Gasteiger partial charge on any atom is -0.368 e. The van der Waals surface area contributed by atoms with E-state index in [4.69, 9.17) is 33.2 Å². The van der Waals surface area contributed by atoms with Gasteiger partial charge in [0.15, 0.2) is 5.82 Å². The first-order valence-corrected chi connectivity index (χ1v) is 10.3. The quantitative estimate of drug-likeness (QED) is 0.378. The molecular weight excluding hydrogens is 403 g/mol. The molecule has 0 radical (unpaired) electrons. The van der Waals surface area contributed by atoms with E-state index in [1.54, 1.807) is 12.1 Å². The summed E-state index contributed by atoms with van der Waals surface area (Å²) in [7, 11) is 4.14. The van der Waals surface area contributed by atoms with Gasteiger partial charge in [0.1, 0.15) is 5.69 Å². The van der Waals surface area contributed by atoms with E-state index in [1.807, 2.05) is 12.1 Å². The zero-order valence-electron chi connectivity index (χ0n) is 16.4. The predicted octanol–water partition coefficient (Wildman–Crippen LogP) is 6.12. The van der Waals surface area contributed by atoms with Gasteiger partial charge in [-0.05, 0) is 56.0 Å². The van der Waals surface area contributed by atoms with Crippen LogP contribution in [0.5, 0.6) is 0 Å². The lowest BCUT2D eigenvalue weighted by Crippen LogP contribution is -2.17. The second kappa shape index (κ2) is 8.54. The van der Waals surface area contributed by atoms with E-state index in [9.17, 15) is 0 Å². The van der Waals surface area contributed by atoms with Crippen molar-refractivity contribution in [3.63, 3.8) is 0 Å². The van der Waals surface area contributed by atoms with Crippen LogP contribution in [0.1, 0.15) is 6.42 Å². The molecule has 4 aromatic rings. The van der Waals surface area contributed by atoms with Crippen molar-refractivity contribution in [1.82, 2.24) is 14.9 Å². The Balaban J connectivity index is 1.79. The molecule has 0 bridgehead atoms. The summed E-state index contributed by atoms with van der Waals surface area (Å²) in [6.07, 6.45) is 1.01. The van der Waals surface area contributed by atoms with E-state index < -0.39 is 0 Å². The Morgan fingerprint density at radius 3 is 2.28 bits per heavy atom. The number of aromatic nitrogens is 2. The number of hydrogen-bond donors (Lipinski definition) is 1. The highest BCUT2D eigenvalue weighted by Crippen LogP contribution is 2.32. The van der Waals surface area contributed by atoms with Crippen molar-refractivity contribution in [3.8, 4) is 11.3 Å². The lowest BCUT2D eigenvalue weighted by molar-refractivity contribution is 0.405. The molecule has 0 aliphatic heterocycles. The average molecular weight is 425 g/mol. The summed E-state index contributed by atoms with van der Waals surface area (Å²) < 4.78 is 0. The van der Waals surface area contributed by atoms with Crippen molar-refractivity contribution in [3.05, 3.63) is 64.6 Å². The van der Waals surface area contributed by atoms with Gasteiger partial charge in [0, 0.05) is 12.1 Å². The fourth-order valence-electron chi connectivity index (χ4n) is 3.31. The van der Waals surface area contributed by atoms with Gasteiger partial charge < -0.3 is 10.2 Å². The largest absolute Gasteiger partial charge is 0.368 e. The highest BCUT2D eigenvalue weighted by atomic mass is 35.5. The first-order chi connectivity index (χ1) is 14.0. The molecule has 0 saturated heterocycles. The Labute approximate surface area is 180 Å². The minimum absolute atomic E-state index is 0.477. The number of anilines is 1. The summed E-state index contributed by atoms with van der Waals surface area (Å²) in [4.78, 5) is 11.9. The highest BCUT2D eigenvalue weighted by Gasteiger charge is 2.13. The first-order valence-electron chi connectivity index (χ1n) is 9.56. The zero-order valence-corrected chi connectivity index (χ0v) is 17.9. The van der Waals surface area contributed by atoms with E-state index in [0.29, 0.717) is 10.0 Å². The summed E-state index contributed by atoms with van der Waals surface area (Å²) >= 11 is 12.4. The molecule has 0 spiro atoms. The Morgan fingerprint density at radius 1 is 0.862 bits per heavy atom. The van der Waals surface area contributed by atoms with E-state index in [2.05, 4.69) is 54.6 Å². The van der Waals surface area contributed by atoms with Crippen LogP contribution < -0.4 is 5.32 Å². The fraction of sp³-hybridized carbons (Fsp3) is 0.217. The van der Waals surface area contributed by atoms with Gasteiger partial charge in [-0.1, -0.05) is 59.6 Å². The van der Waals surface area contributed by atoms with E-state index in [-0.39, 0.29) is 0 Å². The minimum atomic E-state index is 0.477. The average Bonchev–Trinajstić information content (AvgIpc) is 2.71. The SMILES string of the molecule is CN(C)CCCNc1nc2cc(Cl)c(Cl)cc2nc1-c1ccc2ccccc2c1. The van der Waals surface area contributed by atoms with Crippen molar-refractivity contribution in [2.75, 3.05) is 32.5 Å². The van der Waals surface area contributed by atoms with Crippen molar-refractivity contribution < 1.29 is 0 Å². The van der Waals surface area contributed by atoms with E-state index in [1.165, 1.54) is 10.8 Å². The van der Waals surface area contributed by atoms with Crippen LogP contribution in [-0.2, 0) is 0 Å². The normalized spacial score (nSPS) is 11.5. The predicted molar refractivity (Wildman–Crippen MR) is 124 cm³/mol. The summed E-state index contributed by atoms with van der Waals surface area (Å²) in [5.41, 5.74) is 3.27. The number of halogens is 2. The Kier molecular flexibility index (Phi) is 5.86. The van der Waals surface area contributed by atoms with Crippen LogP contribution in [0, 0.1) is 0 Å². The van der Waals surface area contributed by atoms with Gasteiger partial charge in [-0.25, -0.2) is 9.97 Å². The van der Waals surface area contributed by atoms with Gasteiger partial charge in [-0.3, -0.25) is 0 Å². The summed E-state index contributed by atoms with van der Waals surface area (Å²) in [5, 5.41) is 6.78. The Bertz CT molecular complexity index is 1170. The van der Waals surface area contributed by atoms with Gasteiger partial charge in [0.05, 0.1) is 21.1 Å². The molecule has 6 heteroatoms. The second-order valence-electron chi connectivity index (χ2n) is 7.32. The van der Waals surface area contributed by atoms with Crippen molar-refractivity contribution >= 4 is 50.8 Å². The summed E-state index contributed by atoms with van der Waals surface area (Å²) in [6, 6.07) is 18.2. The lowest BCUT2D eigenvalue weighted by atomic mass is 10.0. The van der Waals surface area contributed by atoms with Crippen molar-refractivity contribution in [2.45, 2.75) is 6.42 Å². The highest BCUT2D eigenvalue weighted by molar-refractivity contribution is 6.42. The molecule has 0 unspecified atom stereocenters. The molecule has 4 nitrogen and oxygen atoms in total. The molecule has 0 saturated carbocycles. The number of hydrogen-bond acceptors (Lipinski definition) is 4. The van der Waals surface area contributed by atoms with Crippen LogP contribution in [0.3, 0.4) is 0 Å². The number of nitrogens with zero attached hydrogens (tertiary/aromatic N) is 3.